The summed E-state index contributed by atoms with van der Waals surface area (Å²) in [7, 11) is 5.69. The van der Waals surface area contributed by atoms with Crippen molar-refractivity contribution in [3.8, 4) is 22.6 Å². The van der Waals surface area contributed by atoms with E-state index >= 15 is 0 Å². The van der Waals surface area contributed by atoms with Crippen LogP contribution in [-0.4, -0.2) is 40.4 Å². The van der Waals surface area contributed by atoms with E-state index in [9.17, 15) is 9.59 Å². The maximum atomic E-state index is 12.9. The first-order valence-electron chi connectivity index (χ1n) is 8.99. The Labute approximate surface area is 193 Å². The molecule has 0 spiro atoms. The summed E-state index contributed by atoms with van der Waals surface area (Å²) in [6, 6.07) is 0. The van der Waals surface area contributed by atoms with Crippen LogP contribution in [-0.2, 0) is 9.47 Å². The van der Waals surface area contributed by atoms with Gasteiger partial charge in [0, 0.05) is 11.1 Å². The normalized spacial score (nSPS) is 10.6. The molecular formula is C22H24Br2O6. The summed E-state index contributed by atoms with van der Waals surface area (Å²) < 4.78 is 22.1. The van der Waals surface area contributed by atoms with E-state index < -0.39 is 11.9 Å². The second kappa shape index (κ2) is 9.39. The lowest BCUT2D eigenvalue weighted by molar-refractivity contribution is 0.0588. The van der Waals surface area contributed by atoms with Gasteiger partial charge in [-0.15, -0.1) is 0 Å². The number of methoxy groups -OCH3 is 4. The SMILES string of the molecule is COC(=O)c1c(Br)c(OC)c(C)c(C)c1-c1c(C)c(C)c(OC)c(Br)c1C(=O)OC. The third kappa shape index (κ3) is 3.71. The Bertz CT molecular complexity index is 960. The number of hydrogen-bond donors (Lipinski definition) is 0. The van der Waals surface area contributed by atoms with Crippen LogP contribution in [0.5, 0.6) is 11.5 Å². The summed E-state index contributed by atoms with van der Waals surface area (Å²) in [6.07, 6.45) is 0. The first-order chi connectivity index (χ1) is 14.1. The zero-order valence-corrected chi connectivity index (χ0v) is 21.4. The second-order valence-electron chi connectivity index (χ2n) is 6.68. The van der Waals surface area contributed by atoms with Crippen LogP contribution >= 0.6 is 31.9 Å². The predicted octanol–water partition coefficient (Wildman–Crippen LogP) is 5.70. The number of ether oxygens (including phenoxy) is 4. The van der Waals surface area contributed by atoms with Gasteiger partial charge in [-0.2, -0.15) is 0 Å². The van der Waals surface area contributed by atoms with Crippen LogP contribution in [0.25, 0.3) is 11.1 Å². The lowest BCUT2D eigenvalue weighted by Crippen LogP contribution is -2.14. The zero-order chi connectivity index (χ0) is 22.9. The largest absolute Gasteiger partial charge is 0.495 e. The number of halogens is 2. The van der Waals surface area contributed by atoms with Gasteiger partial charge in [-0.3, -0.25) is 0 Å². The highest BCUT2D eigenvalue weighted by atomic mass is 79.9. The van der Waals surface area contributed by atoms with Crippen molar-refractivity contribution >= 4 is 43.8 Å². The number of benzene rings is 2. The van der Waals surface area contributed by atoms with E-state index in [4.69, 9.17) is 18.9 Å². The minimum atomic E-state index is -0.557. The molecular weight excluding hydrogens is 520 g/mol. The number of rotatable bonds is 5. The van der Waals surface area contributed by atoms with E-state index in [1.165, 1.54) is 28.4 Å². The molecule has 0 atom stereocenters. The zero-order valence-electron chi connectivity index (χ0n) is 18.2. The molecule has 0 bridgehead atoms. The van der Waals surface area contributed by atoms with E-state index in [1.54, 1.807) is 0 Å². The molecule has 0 unspecified atom stereocenters. The van der Waals surface area contributed by atoms with Gasteiger partial charge in [-0.05, 0) is 81.8 Å². The molecule has 0 aliphatic rings. The third-order valence-electron chi connectivity index (χ3n) is 5.33. The Morgan fingerprint density at radius 2 is 0.900 bits per heavy atom. The molecule has 6 nitrogen and oxygen atoms in total. The second-order valence-corrected chi connectivity index (χ2v) is 8.26. The molecule has 30 heavy (non-hydrogen) atoms. The van der Waals surface area contributed by atoms with E-state index in [2.05, 4.69) is 31.9 Å². The van der Waals surface area contributed by atoms with Crippen molar-refractivity contribution in [1.29, 1.82) is 0 Å². The van der Waals surface area contributed by atoms with E-state index in [0.717, 1.165) is 22.3 Å². The standard InChI is InChI=1S/C22H24Br2O6/c1-9-11(3)19(27-5)17(23)15(21(25)29-7)13(9)14-10(2)12(4)20(28-6)18(24)16(14)22(26)30-8/h1-8H3. The summed E-state index contributed by atoms with van der Waals surface area (Å²) in [4.78, 5) is 25.7. The number of hydrogen-bond acceptors (Lipinski definition) is 6. The maximum Gasteiger partial charge on any atom is 0.339 e. The number of carbonyl (C=O) groups excluding carboxylic acids is 2. The third-order valence-corrected chi connectivity index (χ3v) is 6.84. The van der Waals surface area contributed by atoms with Crippen LogP contribution in [0.3, 0.4) is 0 Å². The fourth-order valence-corrected chi connectivity index (χ4v) is 5.20. The van der Waals surface area contributed by atoms with Crippen LogP contribution < -0.4 is 9.47 Å². The predicted molar refractivity (Wildman–Crippen MR) is 122 cm³/mol. The molecule has 2 aromatic carbocycles. The molecule has 0 fully saturated rings. The monoisotopic (exact) mass is 542 g/mol. The average molecular weight is 544 g/mol. The first kappa shape index (κ1) is 24.2. The summed E-state index contributed by atoms with van der Waals surface area (Å²) >= 11 is 7.01. The molecule has 0 N–H and O–H groups in total. The number of esters is 2. The minimum Gasteiger partial charge on any atom is -0.495 e. The summed E-state index contributed by atoms with van der Waals surface area (Å²) in [6.45, 7) is 7.53. The average Bonchev–Trinajstić information content (AvgIpc) is 2.73. The molecule has 2 aromatic rings. The van der Waals surface area contributed by atoms with Crippen LogP contribution in [0, 0.1) is 27.7 Å². The Morgan fingerprint density at radius 1 is 0.600 bits per heavy atom. The van der Waals surface area contributed by atoms with Gasteiger partial charge in [-0.1, -0.05) is 0 Å². The quantitative estimate of drug-likeness (QED) is 0.450. The van der Waals surface area contributed by atoms with Gasteiger partial charge in [0.1, 0.15) is 11.5 Å². The molecule has 0 aliphatic heterocycles. The Balaban J connectivity index is 3.23. The fourth-order valence-electron chi connectivity index (χ4n) is 3.56. The van der Waals surface area contributed by atoms with Crippen molar-refractivity contribution in [2.75, 3.05) is 28.4 Å². The van der Waals surface area contributed by atoms with Crippen molar-refractivity contribution in [3.63, 3.8) is 0 Å². The maximum absolute atomic E-state index is 12.9. The molecule has 0 aliphatic carbocycles. The van der Waals surface area contributed by atoms with E-state index in [-0.39, 0.29) is 11.1 Å². The highest BCUT2D eigenvalue weighted by Gasteiger charge is 2.32. The van der Waals surface area contributed by atoms with Crippen molar-refractivity contribution in [3.05, 3.63) is 42.3 Å². The molecule has 0 aromatic heterocycles. The molecule has 0 heterocycles. The van der Waals surface area contributed by atoms with Gasteiger partial charge in [0.25, 0.3) is 0 Å². The minimum absolute atomic E-state index is 0.266. The summed E-state index contributed by atoms with van der Waals surface area (Å²) in [5.41, 5.74) is 4.87. The van der Waals surface area contributed by atoms with Gasteiger partial charge in [0.05, 0.1) is 48.5 Å². The first-order valence-corrected chi connectivity index (χ1v) is 10.6. The molecule has 0 saturated heterocycles. The van der Waals surface area contributed by atoms with Crippen LogP contribution in [0.2, 0.25) is 0 Å². The Kier molecular flexibility index (Phi) is 7.58. The van der Waals surface area contributed by atoms with E-state index in [0.29, 0.717) is 31.6 Å². The van der Waals surface area contributed by atoms with Crippen LogP contribution in [0.4, 0.5) is 0 Å². The van der Waals surface area contributed by atoms with Gasteiger partial charge >= 0.3 is 11.9 Å². The van der Waals surface area contributed by atoms with Gasteiger partial charge in [-0.25, -0.2) is 9.59 Å². The smallest absolute Gasteiger partial charge is 0.339 e. The fraction of sp³-hybridized carbons (Fsp3) is 0.364. The van der Waals surface area contributed by atoms with Gasteiger partial charge in [0.15, 0.2) is 0 Å². The van der Waals surface area contributed by atoms with Crippen LogP contribution in [0.1, 0.15) is 43.0 Å². The number of carbonyl (C=O) groups is 2. The van der Waals surface area contributed by atoms with Crippen molar-refractivity contribution in [1.82, 2.24) is 0 Å². The van der Waals surface area contributed by atoms with Crippen molar-refractivity contribution in [2.45, 2.75) is 27.7 Å². The molecule has 8 heteroatoms. The lowest BCUT2D eigenvalue weighted by atomic mass is 9.84. The van der Waals surface area contributed by atoms with Gasteiger partial charge in [0.2, 0.25) is 0 Å². The van der Waals surface area contributed by atoms with Crippen LogP contribution in [0.15, 0.2) is 8.95 Å². The highest BCUT2D eigenvalue weighted by Crippen LogP contribution is 2.48. The summed E-state index contributed by atoms with van der Waals surface area (Å²) in [5, 5.41) is 0. The molecule has 2 rings (SSSR count). The molecule has 0 saturated carbocycles. The lowest BCUT2D eigenvalue weighted by Gasteiger charge is -2.24. The van der Waals surface area contributed by atoms with Crippen molar-refractivity contribution < 1.29 is 28.5 Å². The Morgan fingerprint density at radius 3 is 1.13 bits per heavy atom. The molecule has 0 radical (unpaired) electrons. The molecule has 0 amide bonds. The highest BCUT2D eigenvalue weighted by molar-refractivity contribution is 9.11. The summed E-state index contributed by atoms with van der Waals surface area (Å²) in [5.74, 6) is -0.0624. The van der Waals surface area contributed by atoms with E-state index in [1.807, 2.05) is 27.7 Å². The van der Waals surface area contributed by atoms with Gasteiger partial charge < -0.3 is 18.9 Å². The molecule has 162 valence electrons. The van der Waals surface area contributed by atoms with Crippen molar-refractivity contribution in [2.24, 2.45) is 0 Å². The topological polar surface area (TPSA) is 71.1 Å². The Hall–Kier alpha value is -2.06.